The summed E-state index contributed by atoms with van der Waals surface area (Å²) in [6.45, 7) is -0.635. The number of hydrazone groups is 1. The van der Waals surface area contributed by atoms with Gasteiger partial charge in [-0.1, -0.05) is 17.8 Å². The molecule has 0 radical (unpaired) electrons. The van der Waals surface area contributed by atoms with Crippen LogP contribution in [-0.4, -0.2) is 104 Å². The SMILES string of the molecule is NC(N)=NN1CCN([C@]2(C(=O)O)CN3C(=O)[C@@H](NC(=O)C(c4ccc(O)cc4F)S(=O)(=O)[O-])[C@H]3S2)C1=O.[Na+]. The van der Waals surface area contributed by atoms with Crippen LogP contribution in [0.25, 0.3) is 0 Å². The van der Waals surface area contributed by atoms with Crippen molar-refractivity contribution in [2.24, 2.45) is 16.6 Å². The van der Waals surface area contributed by atoms with E-state index in [4.69, 9.17) is 11.5 Å². The number of hydrogen-bond acceptors (Lipinski definition) is 10. The van der Waals surface area contributed by atoms with Crippen LogP contribution in [0, 0.1) is 5.82 Å². The average molecular weight is 584 g/mol. The smallest absolute Gasteiger partial charge is 0.747 e. The first-order valence-electron chi connectivity index (χ1n) is 10.3. The number of β-lactam (4-membered cyclic amide) rings is 1. The third kappa shape index (κ3) is 4.96. The quantitative estimate of drug-likeness (QED) is 0.0662. The second kappa shape index (κ2) is 10.4. The van der Waals surface area contributed by atoms with Gasteiger partial charge in [0.15, 0.2) is 5.25 Å². The minimum Gasteiger partial charge on any atom is -0.747 e. The van der Waals surface area contributed by atoms with Crippen LogP contribution in [0.3, 0.4) is 0 Å². The van der Waals surface area contributed by atoms with Crippen molar-refractivity contribution in [2.75, 3.05) is 19.6 Å². The van der Waals surface area contributed by atoms with E-state index in [0.29, 0.717) is 17.8 Å². The number of carbonyl (C=O) groups is 4. The van der Waals surface area contributed by atoms with E-state index in [2.05, 4.69) is 10.4 Å². The number of nitrogens with two attached hydrogens (primary N) is 2. The Morgan fingerprint density at radius 1 is 1.29 bits per heavy atom. The summed E-state index contributed by atoms with van der Waals surface area (Å²) < 4.78 is 49.7. The molecule has 1 aromatic carbocycles. The summed E-state index contributed by atoms with van der Waals surface area (Å²) in [4.78, 5) is 50.6. The molecule has 1 unspecified atom stereocenters. The summed E-state index contributed by atoms with van der Waals surface area (Å²) in [6, 6.07) is -0.217. The summed E-state index contributed by atoms with van der Waals surface area (Å²) in [7, 11) is -5.50. The molecule has 0 aromatic heterocycles. The van der Waals surface area contributed by atoms with Gasteiger partial charge in [-0.25, -0.2) is 27.4 Å². The molecule has 7 N–H and O–H groups in total. The van der Waals surface area contributed by atoms with Crippen molar-refractivity contribution in [2.45, 2.75) is 21.5 Å². The Kier molecular flexibility index (Phi) is 8.11. The van der Waals surface area contributed by atoms with Crippen molar-refractivity contribution in [3.8, 4) is 5.75 Å². The number of rotatable bonds is 7. The predicted molar refractivity (Wildman–Crippen MR) is 121 cm³/mol. The normalized spacial score (nSPS) is 25.3. The van der Waals surface area contributed by atoms with E-state index in [1.807, 2.05) is 0 Å². The number of guanidine groups is 1. The molecule has 0 saturated carbocycles. The van der Waals surface area contributed by atoms with Crippen molar-refractivity contribution in [3.63, 3.8) is 0 Å². The van der Waals surface area contributed by atoms with Gasteiger partial charge < -0.3 is 36.4 Å². The minimum absolute atomic E-state index is 0. The van der Waals surface area contributed by atoms with Gasteiger partial charge in [0, 0.05) is 18.2 Å². The standard InChI is InChI=1S/C18H20FN7O9S2.Na/c19-9-5-7(27)1-2-8(9)11(37(33,34)35)12(28)22-10-13(29)24-6-18(15(30)31,36-14(10)24)25-3-4-26(17(25)32)23-16(20)21;/h1-2,5,10-11,14,27H,3-4,6H2,(H,22,28)(H,30,31)(H4,20,21,23)(H,33,34,35);/q;+1/p-1/t10-,11?,14-,18-;/m1./s1. The van der Waals surface area contributed by atoms with Crippen molar-refractivity contribution < 1.29 is 76.3 Å². The Bertz CT molecular complexity index is 1350. The van der Waals surface area contributed by atoms with Crippen LogP contribution in [-0.2, 0) is 24.5 Å². The van der Waals surface area contributed by atoms with Crippen LogP contribution in [0.1, 0.15) is 10.8 Å². The van der Waals surface area contributed by atoms with Gasteiger partial charge >= 0.3 is 41.6 Å². The van der Waals surface area contributed by atoms with Gasteiger partial charge in [0.2, 0.25) is 22.6 Å². The summed E-state index contributed by atoms with van der Waals surface area (Å²) in [6.07, 6.45) is 0. The molecular formula is C18H19FN7NaO9S2. The van der Waals surface area contributed by atoms with Crippen molar-refractivity contribution >= 4 is 51.7 Å². The molecule has 4 amide bonds. The number of aromatic hydroxyl groups is 1. The Balaban J connectivity index is 0.00000400. The van der Waals surface area contributed by atoms with Crippen LogP contribution in [0.2, 0.25) is 0 Å². The molecular weight excluding hydrogens is 564 g/mol. The number of thioether (sulfide) groups is 1. The summed E-state index contributed by atoms with van der Waals surface area (Å²) in [5, 5.41) is 22.2. The van der Waals surface area contributed by atoms with E-state index < -0.39 is 85.1 Å². The Labute approximate surface area is 240 Å². The number of carboxylic acid groups (broad SMARTS) is 1. The summed E-state index contributed by atoms with van der Waals surface area (Å²) in [5.74, 6) is -6.18. The molecule has 4 atom stereocenters. The fourth-order valence-electron chi connectivity index (χ4n) is 4.28. The number of fused-ring (bicyclic) bond motifs is 1. The van der Waals surface area contributed by atoms with E-state index in [0.717, 1.165) is 26.9 Å². The molecule has 0 spiro atoms. The van der Waals surface area contributed by atoms with Crippen LogP contribution in [0.4, 0.5) is 9.18 Å². The Morgan fingerprint density at radius 3 is 2.50 bits per heavy atom. The van der Waals surface area contributed by atoms with Crippen LogP contribution >= 0.6 is 11.8 Å². The van der Waals surface area contributed by atoms with Gasteiger partial charge in [-0.15, -0.1) is 5.10 Å². The van der Waals surface area contributed by atoms with E-state index in [1.54, 1.807) is 0 Å². The number of phenolic OH excluding ortho intramolecular Hbond substituents is 1. The largest absolute Gasteiger partial charge is 1.00 e. The third-order valence-electron chi connectivity index (χ3n) is 5.93. The second-order valence-electron chi connectivity index (χ2n) is 8.21. The number of benzene rings is 1. The number of halogens is 1. The number of urea groups is 1. The molecule has 0 bridgehead atoms. The van der Waals surface area contributed by atoms with Gasteiger partial charge in [0.1, 0.15) is 33.1 Å². The Morgan fingerprint density at radius 2 is 1.95 bits per heavy atom. The fourth-order valence-corrected chi connectivity index (χ4v) is 6.75. The number of nitrogens with one attached hydrogen (secondary N) is 1. The molecule has 20 heteroatoms. The fraction of sp³-hybridized carbons (Fsp3) is 0.389. The first-order chi connectivity index (χ1) is 17.2. The molecule has 0 aliphatic carbocycles. The van der Waals surface area contributed by atoms with Gasteiger partial charge in [0.05, 0.1) is 13.1 Å². The topological polar surface area (TPSA) is 252 Å². The molecule has 16 nitrogen and oxygen atoms in total. The predicted octanol–water partition coefficient (Wildman–Crippen LogP) is -5.77. The number of carboxylic acids is 1. The molecule has 3 fully saturated rings. The van der Waals surface area contributed by atoms with Crippen molar-refractivity contribution in [1.29, 1.82) is 0 Å². The number of nitrogens with zero attached hydrogens (tertiary/aromatic N) is 4. The molecule has 3 aliphatic heterocycles. The number of aliphatic carboxylic acids is 1. The second-order valence-corrected chi connectivity index (χ2v) is 11.1. The van der Waals surface area contributed by atoms with E-state index >= 15 is 0 Å². The van der Waals surface area contributed by atoms with Crippen molar-refractivity contribution in [1.82, 2.24) is 20.1 Å². The van der Waals surface area contributed by atoms with Crippen LogP contribution in [0.15, 0.2) is 23.3 Å². The number of carbonyl (C=O) groups excluding carboxylic acids is 3. The molecule has 3 aliphatic rings. The molecule has 4 rings (SSSR count). The zero-order valence-electron chi connectivity index (χ0n) is 19.5. The molecule has 3 saturated heterocycles. The van der Waals surface area contributed by atoms with Gasteiger partial charge in [-0.2, -0.15) is 0 Å². The Hall–Kier alpha value is -2.84. The average Bonchev–Trinajstić information content (AvgIpc) is 3.32. The molecule has 1 aromatic rings. The van der Waals surface area contributed by atoms with Crippen LogP contribution < -0.4 is 46.3 Å². The first-order valence-corrected chi connectivity index (χ1v) is 12.7. The zero-order chi connectivity index (χ0) is 27.4. The number of amides is 4. The summed E-state index contributed by atoms with van der Waals surface area (Å²) in [5.41, 5.74) is 9.70. The van der Waals surface area contributed by atoms with Gasteiger partial charge in [-0.3, -0.25) is 14.5 Å². The van der Waals surface area contributed by atoms with E-state index in [9.17, 15) is 46.8 Å². The molecule has 38 heavy (non-hydrogen) atoms. The zero-order valence-corrected chi connectivity index (χ0v) is 23.1. The molecule has 200 valence electrons. The maximum atomic E-state index is 14.3. The number of phenols is 1. The van der Waals surface area contributed by atoms with E-state index in [1.165, 1.54) is 0 Å². The monoisotopic (exact) mass is 583 g/mol. The van der Waals surface area contributed by atoms with Crippen molar-refractivity contribution in [3.05, 3.63) is 29.6 Å². The van der Waals surface area contributed by atoms with Gasteiger partial charge in [0.25, 0.3) is 0 Å². The summed E-state index contributed by atoms with van der Waals surface area (Å²) >= 11 is 0.635. The molecule has 3 heterocycles. The maximum absolute atomic E-state index is 14.3. The number of hydrogen-bond donors (Lipinski definition) is 5. The maximum Gasteiger partial charge on any atom is 1.00 e. The van der Waals surface area contributed by atoms with E-state index in [-0.39, 0.29) is 42.6 Å². The van der Waals surface area contributed by atoms with Gasteiger partial charge in [-0.05, 0) is 6.07 Å². The first kappa shape index (κ1) is 29.7. The minimum atomic E-state index is -5.50. The van der Waals surface area contributed by atoms with Crippen LogP contribution in [0.5, 0.6) is 5.75 Å². The third-order valence-corrected chi connectivity index (χ3v) is 8.65.